The van der Waals surface area contributed by atoms with Gasteiger partial charge in [-0.2, -0.15) is 5.10 Å². The number of benzene rings is 1. The van der Waals surface area contributed by atoms with Crippen molar-refractivity contribution in [2.24, 2.45) is 5.10 Å². The Kier molecular flexibility index (Phi) is 4.65. The van der Waals surface area contributed by atoms with Gasteiger partial charge in [-0.25, -0.2) is 10.4 Å². The van der Waals surface area contributed by atoms with Crippen LogP contribution in [0.25, 0.3) is 5.65 Å². The molecule has 0 spiro atoms. The number of nitrogens with one attached hydrogen (secondary N) is 1. The summed E-state index contributed by atoms with van der Waals surface area (Å²) in [6.45, 7) is 8.14. The van der Waals surface area contributed by atoms with Crippen molar-refractivity contribution in [1.82, 2.24) is 14.8 Å². The van der Waals surface area contributed by atoms with Crippen LogP contribution in [-0.4, -0.2) is 21.5 Å². The zero-order valence-corrected chi connectivity index (χ0v) is 14.9. The minimum absolute atomic E-state index is 0.274. The van der Waals surface area contributed by atoms with Gasteiger partial charge in [0.25, 0.3) is 5.91 Å². The number of rotatable bonds is 4. The predicted molar refractivity (Wildman–Crippen MR) is 100 cm³/mol. The van der Waals surface area contributed by atoms with E-state index in [2.05, 4.69) is 41.5 Å². The van der Waals surface area contributed by atoms with Crippen LogP contribution in [0.4, 0.5) is 0 Å². The van der Waals surface area contributed by atoms with Gasteiger partial charge < -0.3 is 0 Å². The molecule has 1 N–H and O–H groups in total. The third-order valence-electron chi connectivity index (χ3n) is 4.15. The SMILES string of the molecule is Cc1ccn2c(C(=O)N/N=C/c3ccc(C(C)C)cc3)c(C)nc2c1. The fourth-order valence-electron chi connectivity index (χ4n) is 2.72. The second kappa shape index (κ2) is 6.89. The normalized spacial score (nSPS) is 11.6. The van der Waals surface area contributed by atoms with Crippen LogP contribution in [0.15, 0.2) is 47.7 Å². The number of imidazole rings is 1. The number of nitrogens with zero attached hydrogens (tertiary/aromatic N) is 3. The lowest BCUT2D eigenvalue weighted by molar-refractivity contribution is 0.0948. The molecule has 0 saturated carbocycles. The number of carbonyl (C=O) groups excluding carboxylic acids is 1. The van der Waals surface area contributed by atoms with Gasteiger partial charge in [-0.15, -0.1) is 0 Å². The minimum Gasteiger partial charge on any atom is -0.295 e. The van der Waals surface area contributed by atoms with Crippen molar-refractivity contribution in [3.8, 4) is 0 Å². The average Bonchev–Trinajstić information content (AvgIpc) is 2.90. The lowest BCUT2D eigenvalue weighted by Gasteiger charge is -2.04. The first-order chi connectivity index (χ1) is 12.0. The summed E-state index contributed by atoms with van der Waals surface area (Å²) in [5.41, 5.74) is 7.85. The van der Waals surface area contributed by atoms with E-state index in [-0.39, 0.29) is 5.91 Å². The largest absolute Gasteiger partial charge is 0.295 e. The first-order valence-corrected chi connectivity index (χ1v) is 8.34. The zero-order chi connectivity index (χ0) is 18.0. The number of hydrogen-bond acceptors (Lipinski definition) is 3. The monoisotopic (exact) mass is 334 g/mol. The second-order valence-electron chi connectivity index (χ2n) is 6.50. The van der Waals surface area contributed by atoms with Crippen molar-refractivity contribution < 1.29 is 4.79 Å². The predicted octanol–water partition coefficient (Wildman–Crippen LogP) is 3.84. The Labute approximate surface area is 147 Å². The lowest BCUT2D eigenvalue weighted by Crippen LogP contribution is -2.20. The highest BCUT2D eigenvalue weighted by atomic mass is 16.2. The van der Waals surface area contributed by atoms with Gasteiger partial charge in [-0.3, -0.25) is 9.20 Å². The van der Waals surface area contributed by atoms with E-state index in [0.29, 0.717) is 17.3 Å². The van der Waals surface area contributed by atoms with Crippen molar-refractivity contribution in [2.75, 3.05) is 0 Å². The third kappa shape index (κ3) is 3.60. The van der Waals surface area contributed by atoms with E-state index in [1.165, 1.54) is 5.56 Å². The van der Waals surface area contributed by atoms with E-state index in [1.54, 1.807) is 10.6 Å². The molecule has 5 heteroatoms. The molecule has 0 aliphatic rings. The van der Waals surface area contributed by atoms with Crippen molar-refractivity contribution in [2.45, 2.75) is 33.6 Å². The van der Waals surface area contributed by atoms with Crippen LogP contribution in [0.2, 0.25) is 0 Å². The molecule has 0 fully saturated rings. The lowest BCUT2D eigenvalue weighted by atomic mass is 10.0. The molecule has 3 rings (SSSR count). The molecule has 0 saturated heterocycles. The maximum atomic E-state index is 12.5. The van der Waals surface area contributed by atoms with E-state index in [1.807, 2.05) is 44.3 Å². The van der Waals surface area contributed by atoms with Crippen LogP contribution in [0.1, 0.15) is 52.6 Å². The van der Waals surface area contributed by atoms with Crippen LogP contribution in [-0.2, 0) is 0 Å². The average molecular weight is 334 g/mol. The molecule has 25 heavy (non-hydrogen) atoms. The summed E-state index contributed by atoms with van der Waals surface area (Å²) in [5, 5.41) is 4.07. The topological polar surface area (TPSA) is 58.8 Å². The number of aromatic nitrogens is 2. The molecule has 2 aromatic heterocycles. The number of carbonyl (C=O) groups is 1. The molecular formula is C20H22N4O. The molecule has 3 aromatic rings. The van der Waals surface area contributed by atoms with Gasteiger partial charge in [0.1, 0.15) is 11.3 Å². The van der Waals surface area contributed by atoms with E-state index in [4.69, 9.17) is 0 Å². The van der Waals surface area contributed by atoms with E-state index in [9.17, 15) is 4.79 Å². The molecular weight excluding hydrogens is 312 g/mol. The summed E-state index contributed by atoms with van der Waals surface area (Å²) in [6.07, 6.45) is 3.50. The fourth-order valence-corrected chi connectivity index (χ4v) is 2.72. The number of aryl methyl sites for hydroxylation is 2. The first-order valence-electron chi connectivity index (χ1n) is 8.34. The Bertz CT molecular complexity index is 936. The van der Waals surface area contributed by atoms with Gasteiger partial charge >= 0.3 is 0 Å². The summed E-state index contributed by atoms with van der Waals surface area (Å²) in [7, 11) is 0. The molecule has 0 aliphatic heterocycles. The Morgan fingerprint density at radius 1 is 1.20 bits per heavy atom. The summed E-state index contributed by atoms with van der Waals surface area (Å²) >= 11 is 0. The van der Waals surface area contributed by atoms with Crippen LogP contribution >= 0.6 is 0 Å². The summed E-state index contributed by atoms with van der Waals surface area (Å²) in [4.78, 5) is 16.9. The molecule has 0 aliphatic carbocycles. The zero-order valence-electron chi connectivity index (χ0n) is 14.9. The van der Waals surface area contributed by atoms with Gasteiger partial charge in [0.15, 0.2) is 0 Å². The van der Waals surface area contributed by atoms with Gasteiger partial charge in [0, 0.05) is 6.20 Å². The Balaban J connectivity index is 1.75. The van der Waals surface area contributed by atoms with Crippen molar-refractivity contribution in [3.63, 3.8) is 0 Å². The standard InChI is InChI=1S/C20H22N4O/c1-13(2)17-7-5-16(6-8-17)12-21-23-20(25)19-15(4)22-18-11-14(3)9-10-24(18)19/h5-13H,1-4H3,(H,23,25)/b21-12+. The van der Waals surface area contributed by atoms with E-state index < -0.39 is 0 Å². The maximum Gasteiger partial charge on any atom is 0.290 e. The maximum absolute atomic E-state index is 12.5. The molecule has 0 atom stereocenters. The quantitative estimate of drug-likeness (QED) is 0.582. The smallest absolute Gasteiger partial charge is 0.290 e. The molecule has 0 bridgehead atoms. The van der Waals surface area contributed by atoms with Gasteiger partial charge in [0.05, 0.1) is 11.9 Å². The summed E-state index contributed by atoms with van der Waals surface area (Å²) < 4.78 is 1.78. The van der Waals surface area contributed by atoms with Gasteiger partial charge in [-0.05, 0) is 48.6 Å². The molecule has 5 nitrogen and oxygen atoms in total. The first kappa shape index (κ1) is 16.9. The highest BCUT2D eigenvalue weighted by Crippen LogP contribution is 2.15. The van der Waals surface area contributed by atoms with Crippen LogP contribution in [0.3, 0.4) is 0 Å². The van der Waals surface area contributed by atoms with Crippen molar-refractivity contribution in [3.05, 3.63) is 70.7 Å². The summed E-state index contributed by atoms with van der Waals surface area (Å²) in [6, 6.07) is 12.0. The van der Waals surface area contributed by atoms with Gasteiger partial charge in [0.2, 0.25) is 0 Å². The van der Waals surface area contributed by atoms with Crippen molar-refractivity contribution in [1.29, 1.82) is 0 Å². The Morgan fingerprint density at radius 3 is 2.60 bits per heavy atom. The number of fused-ring (bicyclic) bond motifs is 1. The Hall–Kier alpha value is -2.95. The highest BCUT2D eigenvalue weighted by molar-refractivity contribution is 5.95. The van der Waals surface area contributed by atoms with Crippen molar-refractivity contribution >= 4 is 17.8 Å². The molecule has 128 valence electrons. The number of hydrogen-bond donors (Lipinski definition) is 1. The number of amides is 1. The second-order valence-corrected chi connectivity index (χ2v) is 6.50. The van der Waals surface area contributed by atoms with Gasteiger partial charge in [-0.1, -0.05) is 38.1 Å². The van der Waals surface area contributed by atoms with E-state index >= 15 is 0 Å². The van der Waals surface area contributed by atoms with Crippen LogP contribution < -0.4 is 5.43 Å². The van der Waals surface area contributed by atoms with Crippen LogP contribution in [0.5, 0.6) is 0 Å². The van der Waals surface area contributed by atoms with E-state index in [0.717, 1.165) is 16.8 Å². The molecule has 0 unspecified atom stereocenters. The van der Waals surface area contributed by atoms with Crippen LogP contribution in [0, 0.1) is 13.8 Å². The number of hydrazone groups is 1. The highest BCUT2D eigenvalue weighted by Gasteiger charge is 2.15. The molecule has 1 amide bonds. The fraction of sp³-hybridized carbons (Fsp3) is 0.250. The number of pyridine rings is 1. The molecule has 2 heterocycles. The summed E-state index contributed by atoms with van der Waals surface area (Å²) in [5.74, 6) is 0.219. The third-order valence-corrected chi connectivity index (χ3v) is 4.15. The molecule has 1 aromatic carbocycles. The minimum atomic E-state index is -0.274. The molecule has 0 radical (unpaired) electrons. The Morgan fingerprint density at radius 2 is 1.92 bits per heavy atom.